The highest BCUT2D eigenvalue weighted by Gasteiger charge is 2.13. The predicted octanol–water partition coefficient (Wildman–Crippen LogP) is 1.53. The molecule has 1 aromatic heterocycles. The highest BCUT2D eigenvalue weighted by Crippen LogP contribution is 2.18. The van der Waals surface area contributed by atoms with Gasteiger partial charge in [0.2, 0.25) is 0 Å². The van der Waals surface area contributed by atoms with Crippen LogP contribution in [0.25, 0.3) is 0 Å². The van der Waals surface area contributed by atoms with Crippen LogP contribution in [0.2, 0.25) is 0 Å². The number of carbonyl (C=O) groups is 1. The Kier molecular flexibility index (Phi) is 5.62. The zero-order chi connectivity index (χ0) is 12.7. The van der Waals surface area contributed by atoms with Crippen LogP contribution in [-0.2, 0) is 6.54 Å². The first-order chi connectivity index (χ1) is 8.22. The summed E-state index contributed by atoms with van der Waals surface area (Å²) in [5.74, 6) is 4.90. The maximum Gasteiger partial charge on any atom is 0.275 e. The number of nitrogens with zero attached hydrogens (tertiary/aromatic N) is 1. The van der Waals surface area contributed by atoms with Crippen molar-refractivity contribution in [2.75, 3.05) is 13.1 Å². The molecule has 0 bridgehead atoms. The Morgan fingerprint density at radius 2 is 2.12 bits per heavy atom. The Morgan fingerprint density at radius 3 is 2.65 bits per heavy atom. The normalized spacial score (nSPS) is 10.2. The van der Waals surface area contributed by atoms with Crippen molar-refractivity contribution in [1.29, 1.82) is 0 Å². The van der Waals surface area contributed by atoms with E-state index in [1.165, 1.54) is 11.3 Å². The SMILES string of the molecule is C=CCN(CC=C)Cc1ccsc1C(=O)NN. The first-order valence-corrected chi connectivity index (χ1v) is 6.12. The second-order valence-electron chi connectivity index (χ2n) is 3.52. The monoisotopic (exact) mass is 251 g/mol. The molecule has 4 nitrogen and oxygen atoms in total. The largest absolute Gasteiger partial charge is 0.292 e. The van der Waals surface area contributed by atoms with Crippen LogP contribution >= 0.6 is 11.3 Å². The van der Waals surface area contributed by atoms with Gasteiger partial charge in [0.05, 0.1) is 4.88 Å². The maximum atomic E-state index is 11.5. The Hall–Kier alpha value is -1.43. The Bertz CT molecular complexity index is 390. The lowest BCUT2D eigenvalue weighted by atomic mass is 10.2. The van der Waals surface area contributed by atoms with Crippen molar-refractivity contribution in [2.45, 2.75) is 6.54 Å². The molecule has 0 aromatic carbocycles. The molecule has 1 rings (SSSR count). The minimum absolute atomic E-state index is 0.243. The average Bonchev–Trinajstić information content (AvgIpc) is 2.77. The highest BCUT2D eigenvalue weighted by molar-refractivity contribution is 7.12. The fourth-order valence-electron chi connectivity index (χ4n) is 1.53. The van der Waals surface area contributed by atoms with Gasteiger partial charge >= 0.3 is 0 Å². The molecular weight excluding hydrogens is 234 g/mol. The molecule has 0 aliphatic carbocycles. The number of nitrogen functional groups attached to an aromatic ring is 1. The maximum absolute atomic E-state index is 11.5. The summed E-state index contributed by atoms with van der Waals surface area (Å²) < 4.78 is 0. The molecule has 1 aromatic rings. The molecule has 0 radical (unpaired) electrons. The van der Waals surface area contributed by atoms with Crippen LogP contribution in [0, 0.1) is 0 Å². The van der Waals surface area contributed by atoms with Gasteiger partial charge < -0.3 is 0 Å². The summed E-state index contributed by atoms with van der Waals surface area (Å²) in [4.78, 5) is 14.3. The third-order valence-corrected chi connectivity index (χ3v) is 3.21. The molecule has 0 saturated heterocycles. The van der Waals surface area contributed by atoms with E-state index in [9.17, 15) is 4.79 Å². The van der Waals surface area contributed by atoms with Gasteiger partial charge in [-0.25, -0.2) is 5.84 Å². The van der Waals surface area contributed by atoms with E-state index in [-0.39, 0.29) is 5.91 Å². The first-order valence-electron chi connectivity index (χ1n) is 5.24. The molecule has 0 atom stereocenters. The second-order valence-corrected chi connectivity index (χ2v) is 4.44. The summed E-state index contributed by atoms with van der Waals surface area (Å²) in [5.41, 5.74) is 3.13. The molecule has 0 fully saturated rings. The molecule has 0 aliphatic rings. The molecular formula is C12H17N3OS. The van der Waals surface area contributed by atoms with Gasteiger partial charge in [-0.15, -0.1) is 24.5 Å². The number of hydrazine groups is 1. The average molecular weight is 251 g/mol. The minimum Gasteiger partial charge on any atom is -0.292 e. The number of hydrogen-bond acceptors (Lipinski definition) is 4. The van der Waals surface area contributed by atoms with Gasteiger partial charge in [-0.1, -0.05) is 12.2 Å². The lowest BCUT2D eigenvalue weighted by Gasteiger charge is -2.18. The Morgan fingerprint density at radius 1 is 1.47 bits per heavy atom. The van der Waals surface area contributed by atoms with Crippen molar-refractivity contribution in [2.24, 2.45) is 5.84 Å². The van der Waals surface area contributed by atoms with Gasteiger partial charge in [-0.3, -0.25) is 15.1 Å². The van der Waals surface area contributed by atoms with E-state index in [2.05, 4.69) is 23.5 Å². The number of nitrogens with one attached hydrogen (secondary N) is 1. The summed E-state index contributed by atoms with van der Waals surface area (Å²) in [5, 5.41) is 1.89. The van der Waals surface area contributed by atoms with Crippen molar-refractivity contribution in [3.8, 4) is 0 Å². The molecule has 0 saturated carbocycles. The van der Waals surface area contributed by atoms with Crippen molar-refractivity contribution in [3.05, 3.63) is 47.2 Å². The van der Waals surface area contributed by atoms with Gasteiger partial charge in [-0.2, -0.15) is 0 Å². The van der Waals surface area contributed by atoms with E-state index >= 15 is 0 Å². The van der Waals surface area contributed by atoms with E-state index in [1.807, 2.05) is 23.6 Å². The molecule has 0 spiro atoms. The number of carbonyl (C=O) groups excluding carboxylic acids is 1. The standard InChI is InChI=1S/C12H17N3OS/c1-3-6-15(7-4-2)9-10-5-8-17-11(10)12(16)14-13/h3-5,8H,1-2,6-7,9,13H2,(H,14,16). The van der Waals surface area contributed by atoms with Crippen LogP contribution in [-0.4, -0.2) is 23.9 Å². The first kappa shape index (κ1) is 13.6. The van der Waals surface area contributed by atoms with Crippen LogP contribution in [0.5, 0.6) is 0 Å². The minimum atomic E-state index is -0.243. The van der Waals surface area contributed by atoms with Gasteiger partial charge in [0, 0.05) is 19.6 Å². The van der Waals surface area contributed by atoms with Crippen LogP contribution in [0.4, 0.5) is 0 Å². The highest BCUT2D eigenvalue weighted by atomic mass is 32.1. The number of rotatable bonds is 7. The number of amides is 1. The summed E-state index contributed by atoms with van der Waals surface area (Å²) >= 11 is 1.39. The van der Waals surface area contributed by atoms with Crippen molar-refractivity contribution < 1.29 is 4.79 Å². The molecule has 0 unspecified atom stereocenters. The van der Waals surface area contributed by atoms with Crippen LogP contribution in [0.3, 0.4) is 0 Å². The van der Waals surface area contributed by atoms with Crippen LogP contribution in [0.1, 0.15) is 15.2 Å². The summed E-state index contributed by atoms with van der Waals surface area (Å²) in [6, 6.07) is 1.94. The lowest BCUT2D eigenvalue weighted by Crippen LogP contribution is -2.31. The van der Waals surface area contributed by atoms with E-state index in [0.717, 1.165) is 18.7 Å². The van der Waals surface area contributed by atoms with Gasteiger partial charge in [-0.05, 0) is 17.0 Å². The summed E-state index contributed by atoms with van der Waals surface area (Å²) in [7, 11) is 0. The van der Waals surface area contributed by atoms with E-state index in [4.69, 9.17) is 5.84 Å². The smallest absolute Gasteiger partial charge is 0.275 e. The van der Waals surface area contributed by atoms with Crippen molar-refractivity contribution >= 4 is 17.2 Å². The molecule has 0 aliphatic heterocycles. The lowest BCUT2D eigenvalue weighted by molar-refractivity contribution is 0.0956. The van der Waals surface area contributed by atoms with Gasteiger partial charge in [0.15, 0.2) is 0 Å². The number of hydrogen-bond donors (Lipinski definition) is 2. The van der Waals surface area contributed by atoms with Crippen molar-refractivity contribution in [3.63, 3.8) is 0 Å². The third kappa shape index (κ3) is 3.81. The molecule has 1 heterocycles. The fourth-order valence-corrected chi connectivity index (χ4v) is 2.35. The Balaban J connectivity index is 2.78. The van der Waals surface area contributed by atoms with E-state index in [0.29, 0.717) is 11.4 Å². The van der Waals surface area contributed by atoms with Crippen molar-refractivity contribution in [1.82, 2.24) is 10.3 Å². The molecule has 1 amide bonds. The summed E-state index contributed by atoms with van der Waals surface area (Å²) in [6.07, 6.45) is 3.66. The Labute approximate surface area is 105 Å². The van der Waals surface area contributed by atoms with E-state index in [1.54, 1.807) is 0 Å². The zero-order valence-electron chi connectivity index (χ0n) is 9.69. The predicted molar refractivity (Wildman–Crippen MR) is 71.6 cm³/mol. The fraction of sp³-hybridized carbons (Fsp3) is 0.250. The van der Waals surface area contributed by atoms with E-state index < -0.39 is 0 Å². The van der Waals surface area contributed by atoms with Crippen LogP contribution < -0.4 is 11.3 Å². The topological polar surface area (TPSA) is 58.4 Å². The molecule has 5 heteroatoms. The zero-order valence-corrected chi connectivity index (χ0v) is 10.5. The third-order valence-electron chi connectivity index (χ3n) is 2.25. The second kappa shape index (κ2) is 7.01. The van der Waals surface area contributed by atoms with Gasteiger partial charge in [0.1, 0.15) is 0 Å². The van der Waals surface area contributed by atoms with Crippen LogP contribution in [0.15, 0.2) is 36.8 Å². The molecule has 92 valence electrons. The quantitative estimate of drug-likeness (QED) is 0.334. The number of nitrogens with two attached hydrogens (primary N) is 1. The summed E-state index contributed by atoms with van der Waals surface area (Å²) in [6.45, 7) is 9.62. The molecule has 17 heavy (non-hydrogen) atoms. The number of thiophene rings is 1. The molecule has 3 N–H and O–H groups in total. The van der Waals surface area contributed by atoms with Gasteiger partial charge in [0.25, 0.3) is 5.91 Å².